The second-order valence-corrected chi connectivity index (χ2v) is 21.5. The minimum atomic E-state index is -2.38. The van der Waals surface area contributed by atoms with Gasteiger partial charge in [-0.15, -0.1) is 0 Å². The first kappa shape index (κ1) is 34.5. The molecule has 1 nitrogen and oxygen atoms in total. The maximum absolute atomic E-state index is 8.02. The molecule has 0 saturated carbocycles. The Labute approximate surface area is 275 Å². The summed E-state index contributed by atoms with van der Waals surface area (Å²) in [6, 6.07) is 19.1. The van der Waals surface area contributed by atoms with Crippen molar-refractivity contribution >= 4 is 42.6 Å². The van der Waals surface area contributed by atoms with Crippen LogP contribution in [0.1, 0.15) is 87.5 Å². The van der Waals surface area contributed by atoms with Crippen LogP contribution in [-0.2, 0) is 4.43 Å². The molecule has 3 heteroatoms. The van der Waals surface area contributed by atoms with Crippen molar-refractivity contribution in [3.63, 3.8) is 0 Å². The normalized spacial score (nSPS) is 12.8. The zero-order chi connectivity index (χ0) is 32.8. The number of hydrogen-bond acceptors (Lipinski definition) is 1. The third-order valence-corrected chi connectivity index (χ3v) is 21.2. The Hall–Kier alpha value is -2.40. The molecule has 0 fully saturated rings. The standard InChI is InChI=1S/C41H54GeOSi/c1-24-16-28(5)36(29(6)17-24)42(37-30(7)18-25(2)19-31(37)8)40(41(13,14)15)43-44(38-32(9)20-26(3)21-33(38)10)39-34(11)22-27(4)23-35(39)12/h16-23,40H,1-15H3. The van der Waals surface area contributed by atoms with E-state index in [-0.39, 0.29) is 10.4 Å². The molecule has 4 aromatic rings. The Kier molecular flexibility index (Phi) is 10.3. The Morgan fingerprint density at radius 1 is 0.455 bits per heavy atom. The Balaban J connectivity index is 2.10. The van der Waals surface area contributed by atoms with Gasteiger partial charge in [0.25, 0.3) is 0 Å². The fourth-order valence-electron chi connectivity index (χ4n) is 7.70. The van der Waals surface area contributed by atoms with Crippen molar-refractivity contribution in [1.82, 2.24) is 0 Å². The first-order chi connectivity index (χ1) is 20.4. The molecule has 4 aromatic carbocycles. The molecule has 44 heavy (non-hydrogen) atoms. The van der Waals surface area contributed by atoms with Gasteiger partial charge in [-0.05, 0) is 0 Å². The van der Waals surface area contributed by atoms with E-state index in [1.54, 1.807) is 8.79 Å². The zero-order valence-electron chi connectivity index (χ0n) is 30.1. The molecule has 4 rings (SSSR count). The van der Waals surface area contributed by atoms with Gasteiger partial charge in [0, 0.05) is 0 Å². The van der Waals surface area contributed by atoms with Crippen molar-refractivity contribution in [3.05, 3.63) is 115 Å². The molecule has 0 aromatic heterocycles. The van der Waals surface area contributed by atoms with Gasteiger partial charge in [-0.2, -0.15) is 0 Å². The SMILES string of the molecule is Cc1cc(C)c([Si](O[CH]([Ge]([c]2c(C)cc(C)cc2C)[c]2c(C)cc(C)cc2C)C(C)(C)C)c2c(C)cc(C)cc2C)c(C)c1. The van der Waals surface area contributed by atoms with Gasteiger partial charge in [-0.25, -0.2) is 0 Å². The predicted molar refractivity (Wildman–Crippen MR) is 197 cm³/mol. The molecule has 0 saturated heterocycles. The van der Waals surface area contributed by atoms with E-state index in [2.05, 4.69) is 152 Å². The van der Waals surface area contributed by atoms with Crippen LogP contribution in [0.3, 0.4) is 0 Å². The topological polar surface area (TPSA) is 9.23 Å². The first-order valence-corrected chi connectivity index (χ1v) is 20.9. The molecule has 1 unspecified atom stereocenters. The molecule has 2 radical (unpaired) electrons. The van der Waals surface area contributed by atoms with Crippen LogP contribution in [0.2, 0.25) is 0 Å². The van der Waals surface area contributed by atoms with Crippen LogP contribution in [0.4, 0.5) is 0 Å². The summed E-state index contributed by atoms with van der Waals surface area (Å²) in [5.74, 6) is 0. The molecule has 0 bridgehead atoms. The van der Waals surface area contributed by atoms with Gasteiger partial charge in [0.2, 0.25) is 0 Å². The molecule has 1 atom stereocenters. The molecular formula is C41H54GeOSi. The second kappa shape index (κ2) is 13.1. The van der Waals surface area contributed by atoms with Crippen molar-refractivity contribution in [2.75, 3.05) is 0 Å². The van der Waals surface area contributed by atoms with Gasteiger partial charge in [0.05, 0.1) is 0 Å². The molecule has 0 aliphatic rings. The molecule has 0 heterocycles. The van der Waals surface area contributed by atoms with Gasteiger partial charge in [-0.1, -0.05) is 0 Å². The Bertz CT molecular complexity index is 1500. The van der Waals surface area contributed by atoms with Gasteiger partial charge >= 0.3 is 276 Å². The van der Waals surface area contributed by atoms with E-state index in [0.29, 0.717) is 0 Å². The fourth-order valence-corrected chi connectivity index (χ4v) is 19.7. The number of rotatable bonds is 7. The fraction of sp³-hybridized carbons (Fsp3) is 0.415. The summed E-state index contributed by atoms with van der Waals surface area (Å²) in [6.45, 7) is 34.7. The molecular weight excluding hydrogens is 609 g/mol. The molecule has 0 amide bonds. The summed E-state index contributed by atoms with van der Waals surface area (Å²) in [4.78, 5) is 0.108. The molecule has 0 aliphatic heterocycles. The first-order valence-electron chi connectivity index (χ1n) is 16.1. The Morgan fingerprint density at radius 3 is 0.955 bits per heavy atom. The monoisotopic (exact) mass is 664 g/mol. The van der Waals surface area contributed by atoms with E-state index in [9.17, 15) is 0 Å². The third-order valence-electron chi connectivity index (χ3n) is 8.99. The quantitative estimate of drug-likeness (QED) is 0.184. The van der Waals surface area contributed by atoms with E-state index in [1.807, 2.05) is 0 Å². The summed E-state index contributed by atoms with van der Waals surface area (Å²) >= 11 is -2.38. The number of benzene rings is 4. The summed E-state index contributed by atoms with van der Waals surface area (Å²) in [5.41, 5.74) is 16.4. The van der Waals surface area contributed by atoms with Gasteiger partial charge in [0.15, 0.2) is 0 Å². The van der Waals surface area contributed by atoms with E-state index < -0.39 is 23.4 Å². The van der Waals surface area contributed by atoms with Gasteiger partial charge in [-0.3, -0.25) is 0 Å². The van der Waals surface area contributed by atoms with Crippen molar-refractivity contribution in [2.45, 2.75) is 109 Å². The van der Waals surface area contributed by atoms with Crippen LogP contribution in [0.5, 0.6) is 0 Å². The summed E-state index contributed by atoms with van der Waals surface area (Å²) < 4.78 is 11.2. The minimum absolute atomic E-state index is 0.0577. The number of hydrogen-bond donors (Lipinski definition) is 0. The summed E-state index contributed by atoms with van der Waals surface area (Å²) in [7, 11) is -1.62. The predicted octanol–water partition coefficient (Wildman–Crippen LogP) is 7.77. The van der Waals surface area contributed by atoms with Crippen molar-refractivity contribution in [3.8, 4) is 0 Å². The van der Waals surface area contributed by atoms with Crippen molar-refractivity contribution in [1.29, 1.82) is 0 Å². The molecule has 0 N–H and O–H groups in total. The van der Waals surface area contributed by atoms with E-state index in [1.165, 1.54) is 77.1 Å². The van der Waals surface area contributed by atoms with Crippen LogP contribution in [0.15, 0.2) is 48.5 Å². The average molecular weight is 664 g/mol. The van der Waals surface area contributed by atoms with Crippen LogP contribution < -0.4 is 19.2 Å². The van der Waals surface area contributed by atoms with Crippen LogP contribution in [0, 0.1) is 88.5 Å². The van der Waals surface area contributed by atoms with Crippen molar-refractivity contribution in [2.24, 2.45) is 5.41 Å². The molecule has 0 aliphatic carbocycles. The number of aryl methyl sites for hydroxylation is 12. The Morgan fingerprint density at radius 2 is 0.705 bits per heavy atom. The van der Waals surface area contributed by atoms with Crippen LogP contribution in [0.25, 0.3) is 0 Å². The van der Waals surface area contributed by atoms with E-state index >= 15 is 0 Å². The third kappa shape index (κ3) is 7.03. The molecule has 232 valence electrons. The average Bonchev–Trinajstić information content (AvgIpc) is 2.83. The second-order valence-electron chi connectivity index (χ2n) is 14.7. The summed E-state index contributed by atoms with van der Waals surface area (Å²) in [6.07, 6.45) is 0. The maximum atomic E-state index is 8.02. The van der Waals surface area contributed by atoms with Gasteiger partial charge in [0.1, 0.15) is 0 Å². The van der Waals surface area contributed by atoms with Crippen LogP contribution >= 0.6 is 0 Å². The molecule has 0 spiro atoms. The van der Waals surface area contributed by atoms with Gasteiger partial charge < -0.3 is 0 Å². The van der Waals surface area contributed by atoms with Crippen LogP contribution in [-0.4, -0.2) is 28.3 Å². The zero-order valence-corrected chi connectivity index (χ0v) is 33.2. The van der Waals surface area contributed by atoms with Crippen molar-refractivity contribution < 1.29 is 4.43 Å². The summed E-state index contributed by atoms with van der Waals surface area (Å²) in [5, 5.41) is 2.86. The van der Waals surface area contributed by atoms with E-state index in [0.717, 1.165) is 0 Å². The van der Waals surface area contributed by atoms with E-state index in [4.69, 9.17) is 4.43 Å².